The third kappa shape index (κ3) is 4.26. The topological polar surface area (TPSA) is 13.1 Å². The first kappa shape index (κ1) is 29.8. The van der Waals surface area contributed by atoms with E-state index in [1.165, 1.54) is 102 Å². The van der Waals surface area contributed by atoms with E-state index in [4.69, 9.17) is 4.42 Å². The lowest BCUT2D eigenvalue weighted by Gasteiger charge is -2.19. The summed E-state index contributed by atoms with van der Waals surface area (Å²) in [6.45, 7) is 0. The van der Waals surface area contributed by atoms with Crippen LogP contribution in [-0.2, 0) is 0 Å². The Morgan fingerprint density at radius 3 is 1.67 bits per heavy atom. The molecule has 12 aromatic rings. The van der Waals surface area contributed by atoms with Gasteiger partial charge in [0.15, 0.2) is 0 Å². The summed E-state index contributed by atoms with van der Waals surface area (Å²) in [5.74, 6) is 0. The Bertz CT molecular complexity index is 3440. The molecule has 2 heteroatoms. The first-order valence-corrected chi connectivity index (χ1v) is 19.3. The second kappa shape index (κ2) is 11.4. The fourth-order valence-electron chi connectivity index (χ4n) is 9.09. The van der Waals surface area contributed by atoms with Crippen LogP contribution in [0.3, 0.4) is 0 Å². The Kier molecular flexibility index (Phi) is 6.28. The van der Waals surface area contributed by atoms with Crippen LogP contribution in [0.1, 0.15) is 0 Å². The fraction of sp³-hybridized carbons (Fsp3) is 0. The highest BCUT2D eigenvalue weighted by Gasteiger charge is 2.20. The predicted molar refractivity (Wildman–Crippen MR) is 233 cm³/mol. The van der Waals surface area contributed by atoms with E-state index in [1.807, 2.05) is 17.4 Å². The van der Waals surface area contributed by atoms with Crippen LogP contribution in [0.5, 0.6) is 0 Å². The van der Waals surface area contributed by atoms with Crippen LogP contribution in [0.15, 0.2) is 186 Å². The number of rotatable bonds is 3. The largest absolute Gasteiger partial charge is 0.456 e. The Balaban J connectivity index is 1.10. The number of hydrogen-bond donors (Lipinski definition) is 0. The van der Waals surface area contributed by atoms with Crippen LogP contribution in [0.4, 0.5) is 0 Å². The van der Waals surface area contributed by atoms with Crippen molar-refractivity contribution in [3.8, 4) is 33.4 Å². The minimum atomic E-state index is 0.932. The van der Waals surface area contributed by atoms with Crippen LogP contribution < -0.4 is 0 Å². The van der Waals surface area contributed by atoms with Crippen LogP contribution in [0.25, 0.3) is 119 Å². The molecule has 2 aromatic heterocycles. The molecule has 0 aliphatic carbocycles. The van der Waals surface area contributed by atoms with E-state index in [9.17, 15) is 0 Å². The molecule has 0 unspecified atom stereocenters. The molecular formula is C52H30OS. The van der Waals surface area contributed by atoms with Gasteiger partial charge in [0.05, 0.1) is 0 Å². The van der Waals surface area contributed by atoms with Gasteiger partial charge < -0.3 is 4.42 Å². The molecule has 2 heterocycles. The molecule has 0 bridgehead atoms. The highest BCUT2D eigenvalue weighted by Crippen LogP contribution is 2.48. The average molecular weight is 703 g/mol. The molecule has 0 radical (unpaired) electrons. The van der Waals surface area contributed by atoms with E-state index in [0.717, 1.165) is 16.6 Å². The Hall–Kier alpha value is -6.74. The predicted octanol–water partition coefficient (Wildman–Crippen LogP) is 15.6. The van der Waals surface area contributed by atoms with Crippen molar-refractivity contribution in [1.29, 1.82) is 0 Å². The minimum absolute atomic E-state index is 0.932. The first-order chi connectivity index (χ1) is 26.8. The van der Waals surface area contributed by atoms with E-state index < -0.39 is 0 Å². The number of fused-ring (bicyclic) bond motifs is 11. The SMILES string of the molecule is c1ccc(-c2ccc(-c3c4ccccc4c(-c4ccc5c(c4)sc4ccc6cc7oc8ccccc8c7cc6c45)c4ccccc34)c3ccccc23)cc1. The van der Waals surface area contributed by atoms with Gasteiger partial charge in [-0.3, -0.25) is 0 Å². The first-order valence-electron chi connectivity index (χ1n) is 18.5. The molecule has 54 heavy (non-hydrogen) atoms. The normalized spacial score (nSPS) is 12.1. The molecule has 250 valence electrons. The van der Waals surface area contributed by atoms with E-state index in [0.29, 0.717) is 0 Å². The van der Waals surface area contributed by atoms with Gasteiger partial charge in [-0.1, -0.05) is 152 Å². The van der Waals surface area contributed by atoms with Gasteiger partial charge in [-0.05, 0) is 107 Å². The van der Waals surface area contributed by atoms with Gasteiger partial charge >= 0.3 is 0 Å². The maximum atomic E-state index is 6.26. The third-order valence-electron chi connectivity index (χ3n) is 11.4. The summed E-state index contributed by atoms with van der Waals surface area (Å²) in [6, 6.07) is 66.8. The summed E-state index contributed by atoms with van der Waals surface area (Å²) in [7, 11) is 0. The van der Waals surface area contributed by atoms with Gasteiger partial charge in [-0.15, -0.1) is 11.3 Å². The standard InChI is InChI=1S/C52H30OS/c1-2-12-31(13-3-1)34-25-26-42(36-15-5-4-14-35(34)36)51-40-19-8-6-17-38(40)50(39-18-7-9-20-41(39)51)33-22-24-43-49(29-33)54-48-27-23-32-28-47-45(30-44(32)52(43)48)37-16-10-11-21-46(37)53-47/h1-30H. The fourth-order valence-corrected chi connectivity index (χ4v) is 10.3. The molecule has 1 nitrogen and oxygen atoms in total. The summed E-state index contributed by atoms with van der Waals surface area (Å²) in [5, 5.41) is 15.0. The average Bonchev–Trinajstić information content (AvgIpc) is 3.79. The van der Waals surface area contributed by atoms with Gasteiger partial charge in [0, 0.05) is 30.9 Å². The maximum absolute atomic E-state index is 6.26. The molecule has 0 amide bonds. The lowest BCUT2D eigenvalue weighted by molar-refractivity contribution is 0.669. The number of thiophene rings is 1. The molecule has 0 aliphatic heterocycles. The van der Waals surface area contributed by atoms with Crippen LogP contribution in [0, 0.1) is 0 Å². The Morgan fingerprint density at radius 1 is 0.315 bits per heavy atom. The van der Waals surface area contributed by atoms with Gasteiger partial charge in [-0.25, -0.2) is 0 Å². The highest BCUT2D eigenvalue weighted by atomic mass is 32.1. The van der Waals surface area contributed by atoms with Crippen molar-refractivity contribution < 1.29 is 4.42 Å². The molecule has 0 saturated heterocycles. The molecule has 0 saturated carbocycles. The monoisotopic (exact) mass is 702 g/mol. The van der Waals surface area contributed by atoms with Gasteiger partial charge in [0.2, 0.25) is 0 Å². The van der Waals surface area contributed by atoms with Crippen LogP contribution in [0.2, 0.25) is 0 Å². The number of benzene rings is 10. The molecule has 0 N–H and O–H groups in total. The zero-order chi connectivity index (χ0) is 35.3. The van der Waals surface area contributed by atoms with Crippen molar-refractivity contribution in [2.45, 2.75) is 0 Å². The van der Waals surface area contributed by atoms with Crippen molar-refractivity contribution in [2.24, 2.45) is 0 Å². The Labute approximate surface area is 314 Å². The van der Waals surface area contributed by atoms with Gasteiger partial charge in [-0.2, -0.15) is 0 Å². The summed E-state index contributed by atoms with van der Waals surface area (Å²) in [5.41, 5.74) is 9.43. The Morgan fingerprint density at radius 2 is 0.926 bits per heavy atom. The second-order valence-corrected chi connectivity index (χ2v) is 15.4. The van der Waals surface area contributed by atoms with Gasteiger partial charge in [0.1, 0.15) is 11.2 Å². The molecule has 12 rings (SSSR count). The second-order valence-electron chi connectivity index (χ2n) is 14.3. The number of furan rings is 1. The summed E-state index contributed by atoms with van der Waals surface area (Å²) >= 11 is 1.88. The van der Waals surface area contributed by atoms with Crippen molar-refractivity contribution in [3.05, 3.63) is 182 Å². The van der Waals surface area contributed by atoms with Crippen molar-refractivity contribution >= 4 is 96.5 Å². The maximum Gasteiger partial charge on any atom is 0.136 e. The summed E-state index contributed by atoms with van der Waals surface area (Å²) < 4.78 is 8.86. The number of hydrogen-bond acceptors (Lipinski definition) is 2. The van der Waals surface area contributed by atoms with E-state index in [1.54, 1.807) is 0 Å². The molecule has 0 aliphatic rings. The zero-order valence-electron chi connectivity index (χ0n) is 29.1. The minimum Gasteiger partial charge on any atom is -0.456 e. The van der Waals surface area contributed by atoms with Crippen molar-refractivity contribution in [3.63, 3.8) is 0 Å². The smallest absolute Gasteiger partial charge is 0.136 e. The van der Waals surface area contributed by atoms with E-state index >= 15 is 0 Å². The number of para-hydroxylation sites is 1. The summed E-state index contributed by atoms with van der Waals surface area (Å²) in [4.78, 5) is 0. The molecular weight excluding hydrogens is 673 g/mol. The molecule has 10 aromatic carbocycles. The van der Waals surface area contributed by atoms with E-state index in [-0.39, 0.29) is 0 Å². The molecule has 0 atom stereocenters. The van der Waals surface area contributed by atoms with Crippen LogP contribution in [-0.4, -0.2) is 0 Å². The quantitative estimate of drug-likeness (QED) is 0.167. The van der Waals surface area contributed by atoms with E-state index in [2.05, 4.69) is 176 Å². The van der Waals surface area contributed by atoms with Crippen molar-refractivity contribution in [2.75, 3.05) is 0 Å². The lowest BCUT2D eigenvalue weighted by Crippen LogP contribution is -1.92. The highest BCUT2D eigenvalue weighted by molar-refractivity contribution is 7.26. The summed E-state index contributed by atoms with van der Waals surface area (Å²) in [6.07, 6.45) is 0. The third-order valence-corrected chi connectivity index (χ3v) is 12.6. The van der Waals surface area contributed by atoms with Gasteiger partial charge in [0.25, 0.3) is 0 Å². The molecule has 0 spiro atoms. The molecule has 0 fully saturated rings. The zero-order valence-corrected chi connectivity index (χ0v) is 30.0. The van der Waals surface area contributed by atoms with Crippen LogP contribution >= 0.6 is 11.3 Å². The lowest BCUT2D eigenvalue weighted by atomic mass is 9.83. The van der Waals surface area contributed by atoms with Crippen molar-refractivity contribution in [1.82, 2.24) is 0 Å².